The van der Waals surface area contributed by atoms with E-state index in [-0.39, 0.29) is 36.6 Å². The molecule has 0 aromatic heterocycles. The molecule has 1 rings (SSSR count). The topological polar surface area (TPSA) is 142 Å². The minimum atomic E-state index is -3.30. The molecule has 0 aliphatic heterocycles. The number of hydrogen-bond acceptors (Lipinski definition) is 6. The Balaban J connectivity index is 2.52. The second-order valence-electron chi connectivity index (χ2n) is 8.98. The number of ketones is 1. The monoisotopic (exact) mass is 432 g/mol. The molecule has 0 heterocycles. The third-order valence-electron chi connectivity index (χ3n) is 5.43. The van der Waals surface area contributed by atoms with Crippen LogP contribution in [-0.4, -0.2) is 58.3 Å². The zero-order valence-corrected chi connectivity index (χ0v) is 19.1. The SMILES string of the molecule is CC(C)[C@H](N)C(=O)N[C@H](C(=O)NCC(=O)C[P+](O)(O)CC1CCCCC1)C(C)C. The standard InChI is InChI=1S/C20H38N3O5P/c1-13(2)17(21)19(25)23-18(14(3)4)20(26)22-10-16(24)12-29(27,28)11-15-8-6-5-7-9-15/h13-15,17-18,27-28H,5-12,21H2,1-4H3,(H-,22,23,25,26)/p+1/t17-,18-/m0/s1. The molecule has 1 saturated carbocycles. The van der Waals surface area contributed by atoms with E-state index >= 15 is 0 Å². The number of carbonyl (C=O) groups is 3. The highest BCUT2D eigenvalue weighted by molar-refractivity contribution is 7.65. The van der Waals surface area contributed by atoms with Gasteiger partial charge in [-0.1, -0.05) is 47.0 Å². The lowest BCUT2D eigenvalue weighted by molar-refractivity contribution is -0.131. The van der Waals surface area contributed by atoms with Crippen LogP contribution in [0.25, 0.3) is 0 Å². The summed E-state index contributed by atoms with van der Waals surface area (Å²) in [4.78, 5) is 57.4. The normalized spacial score (nSPS) is 17.8. The summed E-state index contributed by atoms with van der Waals surface area (Å²) >= 11 is 0. The third-order valence-corrected chi connectivity index (χ3v) is 7.39. The molecule has 0 aromatic rings. The van der Waals surface area contributed by atoms with E-state index in [0.29, 0.717) is 0 Å². The maximum Gasteiger partial charge on any atom is 0.275 e. The van der Waals surface area contributed by atoms with Crippen LogP contribution in [0.1, 0.15) is 59.8 Å². The summed E-state index contributed by atoms with van der Waals surface area (Å²) in [7, 11) is -3.30. The maximum absolute atomic E-state index is 12.5. The van der Waals surface area contributed by atoms with Crippen LogP contribution >= 0.6 is 7.72 Å². The molecule has 1 fully saturated rings. The quantitative estimate of drug-likeness (QED) is 0.311. The van der Waals surface area contributed by atoms with E-state index in [1.807, 2.05) is 13.8 Å². The summed E-state index contributed by atoms with van der Waals surface area (Å²) in [5, 5.41) is 5.16. The van der Waals surface area contributed by atoms with Crippen LogP contribution in [0.5, 0.6) is 0 Å². The zero-order valence-electron chi connectivity index (χ0n) is 18.2. The highest BCUT2D eigenvalue weighted by atomic mass is 31.2. The molecule has 0 radical (unpaired) electrons. The summed E-state index contributed by atoms with van der Waals surface area (Å²) < 4.78 is 0. The number of nitrogens with two attached hydrogens (primary N) is 1. The first-order chi connectivity index (χ1) is 13.4. The smallest absolute Gasteiger partial charge is 0.275 e. The lowest BCUT2D eigenvalue weighted by Crippen LogP contribution is -2.55. The summed E-state index contributed by atoms with van der Waals surface area (Å²) in [6.45, 7) is 6.92. The molecule has 0 saturated heterocycles. The van der Waals surface area contributed by atoms with Gasteiger partial charge in [0.05, 0.1) is 12.6 Å². The third kappa shape index (κ3) is 9.51. The Morgan fingerprint density at radius 2 is 1.59 bits per heavy atom. The van der Waals surface area contributed by atoms with Crippen molar-refractivity contribution >= 4 is 25.3 Å². The summed E-state index contributed by atoms with van der Waals surface area (Å²) in [5.74, 6) is -1.31. The Morgan fingerprint density at radius 3 is 2.10 bits per heavy atom. The van der Waals surface area contributed by atoms with Gasteiger partial charge >= 0.3 is 0 Å². The number of amides is 2. The summed E-state index contributed by atoms with van der Waals surface area (Å²) in [6, 6.07) is -1.54. The average molecular weight is 433 g/mol. The van der Waals surface area contributed by atoms with Crippen LogP contribution in [0.2, 0.25) is 0 Å². The molecule has 0 spiro atoms. The van der Waals surface area contributed by atoms with Crippen LogP contribution in [0, 0.1) is 17.8 Å². The molecule has 8 nitrogen and oxygen atoms in total. The van der Waals surface area contributed by atoms with Gasteiger partial charge in [-0.25, -0.2) is 9.79 Å². The van der Waals surface area contributed by atoms with Crippen molar-refractivity contribution in [2.45, 2.75) is 71.9 Å². The van der Waals surface area contributed by atoms with Crippen molar-refractivity contribution in [3.05, 3.63) is 0 Å². The fourth-order valence-corrected chi connectivity index (χ4v) is 5.57. The molecule has 0 bridgehead atoms. The number of rotatable bonds is 11. The molecule has 168 valence electrons. The number of hydrogen-bond donors (Lipinski definition) is 5. The number of nitrogens with one attached hydrogen (secondary N) is 2. The van der Waals surface area contributed by atoms with Gasteiger partial charge in [0, 0.05) is 0 Å². The molecule has 29 heavy (non-hydrogen) atoms. The predicted molar refractivity (Wildman–Crippen MR) is 115 cm³/mol. The van der Waals surface area contributed by atoms with Gasteiger partial charge in [-0.15, -0.1) is 0 Å². The van der Waals surface area contributed by atoms with Crippen molar-refractivity contribution in [3.63, 3.8) is 0 Å². The van der Waals surface area contributed by atoms with Crippen LogP contribution in [0.3, 0.4) is 0 Å². The van der Waals surface area contributed by atoms with Crippen molar-refractivity contribution in [3.8, 4) is 0 Å². The molecular weight excluding hydrogens is 393 g/mol. The second-order valence-corrected chi connectivity index (χ2v) is 11.4. The van der Waals surface area contributed by atoms with E-state index in [1.165, 1.54) is 6.42 Å². The van der Waals surface area contributed by atoms with E-state index in [1.54, 1.807) is 13.8 Å². The fourth-order valence-electron chi connectivity index (χ4n) is 3.57. The predicted octanol–water partition coefficient (Wildman–Crippen LogP) is 1.21. The Hall–Kier alpha value is -1.08. The first-order valence-electron chi connectivity index (χ1n) is 10.6. The van der Waals surface area contributed by atoms with Gasteiger partial charge in [0.1, 0.15) is 12.2 Å². The first-order valence-corrected chi connectivity index (χ1v) is 12.7. The molecule has 1 aliphatic rings. The minimum Gasteiger partial charge on any atom is -0.347 e. The maximum atomic E-state index is 12.5. The van der Waals surface area contributed by atoms with E-state index < -0.39 is 37.4 Å². The Kier molecular flexibility index (Phi) is 10.7. The van der Waals surface area contributed by atoms with Gasteiger partial charge in [-0.2, -0.15) is 0 Å². The minimum absolute atomic E-state index is 0.0668. The molecular formula is C20H39N3O5P+. The van der Waals surface area contributed by atoms with Crippen LogP contribution in [0.4, 0.5) is 0 Å². The zero-order chi connectivity index (χ0) is 22.2. The number of carbonyl (C=O) groups excluding carboxylic acids is 3. The Bertz CT molecular complexity index is 562. The second kappa shape index (κ2) is 11.9. The molecule has 0 aromatic carbocycles. The molecule has 2 atom stereocenters. The Morgan fingerprint density at radius 1 is 1.00 bits per heavy atom. The van der Waals surface area contributed by atoms with E-state index in [2.05, 4.69) is 10.6 Å². The largest absolute Gasteiger partial charge is 0.347 e. The lowest BCUT2D eigenvalue weighted by atomic mass is 9.91. The van der Waals surface area contributed by atoms with Gasteiger partial charge in [-0.3, -0.25) is 14.4 Å². The molecule has 6 N–H and O–H groups in total. The van der Waals surface area contributed by atoms with E-state index in [0.717, 1.165) is 25.7 Å². The fraction of sp³-hybridized carbons (Fsp3) is 0.850. The van der Waals surface area contributed by atoms with Gasteiger partial charge < -0.3 is 16.4 Å². The van der Waals surface area contributed by atoms with Crippen LogP contribution in [-0.2, 0) is 14.4 Å². The molecule has 1 aliphatic carbocycles. The van der Waals surface area contributed by atoms with Crippen molar-refractivity contribution in [1.82, 2.24) is 10.6 Å². The molecule has 0 unspecified atom stereocenters. The van der Waals surface area contributed by atoms with E-state index in [9.17, 15) is 24.2 Å². The van der Waals surface area contributed by atoms with Gasteiger partial charge in [0.2, 0.25) is 11.8 Å². The highest BCUT2D eigenvalue weighted by Gasteiger charge is 2.39. The molecule has 2 amide bonds. The molecule has 9 heteroatoms. The van der Waals surface area contributed by atoms with E-state index in [4.69, 9.17) is 5.73 Å². The first kappa shape index (κ1) is 26.0. The summed E-state index contributed by atoms with van der Waals surface area (Å²) in [6.07, 6.45) is 5.28. The van der Waals surface area contributed by atoms with Crippen molar-refractivity contribution in [2.24, 2.45) is 23.5 Å². The van der Waals surface area contributed by atoms with Crippen molar-refractivity contribution < 1.29 is 24.2 Å². The van der Waals surface area contributed by atoms with Crippen LogP contribution in [0.15, 0.2) is 0 Å². The van der Waals surface area contributed by atoms with Gasteiger partial charge in [0.15, 0.2) is 11.9 Å². The van der Waals surface area contributed by atoms with Crippen molar-refractivity contribution in [1.29, 1.82) is 0 Å². The lowest BCUT2D eigenvalue weighted by Gasteiger charge is -2.25. The van der Waals surface area contributed by atoms with Gasteiger partial charge in [0.25, 0.3) is 7.72 Å². The van der Waals surface area contributed by atoms with Gasteiger partial charge in [-0.05, 0) is 30.6 Å². The van der Waals surface area contributed by atoms with Crippen molar-refractivity contribution in [2.75, 3.05) is 18.9 Å². The average Bonchev–Trinajstić information content (AvgIpc) is 2.62. The highest BCUT2D eigenvalue weighted by Crippen LogP contribution is 2.52. The number of Topliss-reactive ketones (excluding diaryl/α,β-unsaturated/α-hetero) is 1. The summed E-state index contributed by atoms with van der Waals surface area (Å²) in [5.41, 5.74) is 5.83. The Labute approximate surface area is 174 Å². The van der Waals surface area contributed by atoms with Crippen LogP contribution < -0.4 is 16.4 Å².